The van der Waals surface area contributed by atoms with E-state index >= 15 is 0 Å². The van der Waals surface area contributed by atoms with Gasteiger partial charge in [0.05, 0.1) is 73.2 Å². The Labute approximate surface area is 526 Å². The van der Waals surface area contributed by atoms with E-state index in [1.54, 1.807) is 194 Å². The van der Waals surface area contributed by atoms with Crippen molar-refractivity contribution < 1.29 is 142 Å². The summed E-state index contributed by atoms with van der Waals surface area (Å²) < 4.78 is 66.2. The van der Waals surface area contributed by atoms with Crippen LogP contribution in [0.2, 0.25) is 0 Å². The molecule has 0 aliphatic carbocycles. The van der Waals surface area contributed by atoms with Gasteiger partial charge in [-0.05, 0) is 166 Å². The maximum absolute atomic E-state index is 12.7. The second-order valence-electron chi connectivity index (χ2n) is 22.8. The smallest absolute Gasteiger partial charge is 0.340 e. The topological polar surface area (TPSA) is 328 Å². The molecule has 4 atom stereocenters. The fourth-order valence-electron chi connectivity index (χ4n) is 7.80. The minimum atomic E-state index is -1.61. The number of Topliss-reactive ketones (excluding diaryl/α,β-unsaturated/α-hetero) is 4. The van der Waals surface area contributed by atoms with Crippen LogP contribution in [0.4, 0.5) is 0 Å². The number of rotatable bonds is 40. The van der Waals surface area contributed by atoms with Crippen LogP contribution in [0.5, 0.6) is 0 Å². The minimum absolute atomic E-state index is 0. The number of hydrogen-bond acceptors (Lipinski definition) is 20. The van der Waals surface area contributed by atoms with Gasteiger partial charge in [-0.1, -0.05) is 27.7 Å². The van der Waals surface area contributed by atoms with Crippen molar-refractivity contribution in [1.82, 2.24) is 0 Å². The maximum Gasteiger partial charge on any atom is 0.340 e. The first kappa shape index (κ1) is 90.7. The van der Waals surface area contributed by atoms with E-state index in [1.165, 1.54) is 0 Å². The number of ketones is 4. The molecule has 0 fully saturated rings. The first-order chi connectivity index (χ1) is 38.2. The van der Waals surface area contributed by atoms with E-state index in [-0.39, 0.29) is 101 Å². The zero-order valence-corrected chi connectivity index (χ0v) is 59.0. The van der Waals surface area contributed by atoms with Crippen molar-refractivity contribution >= 4 is 47.0 Å². The van der Waals surface area contributed by atoms with Gasteiger partial charge in [-0.3, -0.25) is 19.2 Å². The predicted molar refractivity (Wildman–Crippen MR) is 312 cm³/mol. The largest absolute Gasteiger partial charge is 0.479 e. The van der Waals surface area contributed by atoms with Crippen LogP contribution in [-0.2, 0) is 121 Å². The zero-order chi connectivity index (χ0) is 67.2. The fraction of sp³-hybridized carbons (Fsp3) is 0.867. The normalized spacial score (nSPS) is 13.8. The van der Waals surface area contributed by atoms with Gasteiger partial charge in [0.1, 0.15) is 0 Å². The number of aliphatic carboxylic acids is 4. The van der Waals surface area contributed by atoms with Crippen molar-refractivity contribution in [3.05, 3.63) is 0 Å². The van der Waals surface area contributed by atoms with E-state index in [0.717, 1.165) is 0 Å². The zero-order valence-electron chi connectivity index (χ0n) is 56.5. The Morgan fingerprint density at radius 3 is 0.412 bits per heavy atom. The summed E-state index contributed by atoms with van der Waals surface area (Å²) in [6.45, 7) is 48.5. The van der Waals surface area contributed by atoms with Gasteiger partial charge >= 0.3 is 23.9 Å². The Morgan fingerprint density at radius 2 is 0.353 bits per heavy atom. The van der Waals surface area contributed by atoms with E-state index in [9.17, 15) is 58.8 Å². The summed E-state index contributed by atoms with van der Waals surface area (Å²) in [4.78, 5) is 96.2. The number of carbonyl (C=O) groups excluding carboxylic acids is 4. The van der Waals surface area contributed by atoms with E-state index in [4.69, 9.17) is 56.8 Å². The molecule has 0 aromatic rings. The number of carboxylic acids is 4. The van der Waals surface area contributed by atoms with Gasteiger partial charge in [-0.25, -0.2) is 19.2 Å². The molecule has 0 heterocycles. The molecule has 85 heavy (non-hydrogen) atoms. The van der Waals surface area contributed by atoms with Crippen LogP contribution in [0.1, 0.15) is 220 Å². The van der Waals surface area contributed by atoms with Crippen molar-refractivity contribution in [3.63, 3.8) is 0 Å². The van der Waals surface area contributed by atoms with Crippen molar-refractivity contribution in [3.8, 4) is 0 Å². The Kier molecular flexibility index (Phi) is 46.5. The molecule has 0 bridgehead atoms. The molecule has 0 amide bonds. The van der Waals surface area contributed by atoms with Crippen LogP contribution < -0.4 is 0 Å². The number of hydrogen-bond donors (Lipinski definition) is 4. The molecule has 24 nitrogen and oxygen atoms in total. The summed E-state index contributed by atoms with van der Waals surface area (Å²) in [5, 5.41) is 37.1. The SMILES string of the molecule is CCC(OC(C)C)(OC(C)C)C(=O)C(OC(C)C)C(=O)O.CCC(OC(C)C)(OC(C)C)C(=O)C(OC(C)C)C(=O)O.CCC(OC(C)C)(OC(C)C)C(=O)C(OC(C)C)C(=O)O.CCC(OC(C)C)(OC(C)C)C(=O)C(OC(C)C)C(=O)O.[Zr]. The van der Waals surface area contributed by atoms with Gasteiger partial charge in [0.15, 0.2) is 0 Å². The van der Waals surface area contributed by atoms with Gasteiger partial charge in [-0.15, -0.1) is 0 Å². The van der Waals surface area contributed by atoms with E-state index in [1.807, 2.05) is 0 Å². The number of carboxylic acid groups (broad SMARTS) is 4. The molecule has 0 radical (unpaired) electrons. The summed E-state index contributed by atoms with van der Waals surface area (Å²) in [7, 11) is 0. The summed E-state index contributed by atoms with van der Waals surface area (Å²) in [5.74, 6) is -14.7. The maximum atomic E-state index is 12.7. The fourth-order valence-corrected chi connectivity index (χ4v) is 7.80. The van der Waals surface area contributed by atoms with Crippen LogP contribution in [0.25, 0.3) is 0 Å². The van der Waals surface area contributed by atoms with E-state index in [2.05, 4.69) is 0 Å². The second kappa shape index (κ2) is 43.6. The van der Waals surface area contributed by atoms with E-state index in [0.29, 0.717) is 0 Å². The molecule has 0 aliphatic heterocycles. The monoisotopic (exact) mass is 1310 g/mol. The molecule has 0 saturated heterocycles. The first-order valence-corrected chi connectivity index (χ1v) is 29.3. The van der Waals surface area contributed by atoms with Crippen LogP contribution >= 0.6 is 0 Å². The molecule has 0 rings (SSSR count). The molecule has 500 valence electrons. The third kappa shape index (κ3) is 34.5. The standard InChI is InChI=1S/4C15H28O6.Zr/c4*1-8-15(20-10(4)5,21-11(6)7)13(16)12(14(17)18)19-9(2)3;/h4*9-12H,8H2,1-7H3,(H,17,18);. The molecular formula is C60H112O24Zr. The summed E-state index contributed by atoms with van der Waals surface area (Å²) in [6.07, 6.45) is -9.55. The summed E-state index contributed by atoms with van der Waals surface area (Å²) in [5.41, 5.74) is 0. The van der Waals surface area contributed by atoms with Crippen LogP contribution in [0, 0.1) is 0 Å². The molecule has 0 aromatic heterocycles. The van der Waals surface area contributed by atoms with Crippen LogP contribution in [0.3, 0.4) is 0 Å². The van der Waals surface area contributed by atoms with E-state index < -0.39 is 119 Å². The minimum Gasteiger partial charge on any atom is -0.479 e. The van der Waals surface area contributed by atoms with Gasteiger partial charge in [0.2, 0.25) is 70.7 Å². The molecule has 0 saturated carbocycles. The molecule has 4 N–H and O–H groups in total. The number of ether oxygens (including phenoxy) is 12. The Balaban J connectivity index is -0.000000333. The Hall–Kier alpha value is -3.04. The third-order valence-corrected chi connectivity index (χ3v) is 10.3. The van der Waals surface area contributed by atoms with Crippen molar-refractivity contribution in [2.45, 2.75) is 340 Å². The number of carbonyl (C=O) groups is 8. The van der Waals surface area contributed by atoms with Crippen molar-refractivity contribution in [2.75, 3.05) is 0 Å². The van der Waals surface area contributed by atoms with Gasteiger partial charge in [0, 0.05) is 51.9 Å². The molecule has 0 aromatic carbocycles. The predicted octanol–water partition coefficient (Wildman–Crippen LogP) is 9.56. The Bertz CT molecular complexity index is 1630. The van der Waals surface area contributed by atoms with Crippen LogP contribution in [-0.4, -0.2) is 188 Å². The molecule has 25 heteroatoms. The van der Waals surface area contributed by atoms with Gasteiger partial charge < -0.3 is 77.3 Å². The summed E-state index contributed by atoms with van der Waals surface area (Å²) in [6, 6.07) is 0. The summed E-state index contributed by atoms with van der Waals surface area (Å²) >= 11 is 0. The molecule has 4 unspecified atom stereocenters. The average Bonchev–Trinajstić information content (AvgIpc) is 3.45. The first-order valence-electron chi connectivity index (χ1n) is 29.3. The molecule has 0 aliphatic rings. The quantitative estimate of drug-likeness (QED) is 0.0327. The average molecular weight is 1310 g/mol. The second-order valence-corrected chi connectivity index (χ2v) is 22.8. The molecular weight excluding hydrogens is 1200 g/mol. The molecule has 0 spiro atoms. The van der Waals surface area contributed by atoms with Gasteiger partial charge in [-0.2, -0.15) is 0 Å². The van der Waals surface area contributed by atoms with Crippen molar-refractivity contribution in [2.24, 2.45) is 0 Å². The third-order valence-electron chi connectivity index (χ3n) is 10.3. The van der Waals surface area contributed by atoms with Gasteiger partial charge in [0.25, 0.3) is 0 Å². The Morgan fingerprint density at radius 1 is 0.247 bits per heavy atom. The van der Waals surface area contributed by atoms with Crippen molar-refractivity contribution in [1.29, 1.82) is 0 Å². The van der Waals surface area contributed by atoms with Crippen LogP contribution in [0.15, 0.2) is 0 Å².